The Balaban J connectivity index is 1.46. The molecular weight excluding hydrogens is 406 g/mol. The fourth-order valence-electron chi connectivity index (χ4n) is 4.73. The van der Waals surface area contributed by atoms with Gasteiger partial charge in [-0.05, 0) is 23.8 Å². The molecule has 30 heavy (non-hydrogen) atoms. The number of aliphatic imine (C=N–C) groups is 3. The van der Waals surface area contributed by atoms with Crippen LogP contribution < -0.4 is 5.73 Å². The number of fused-ring (bicyclic) bond motifs is 2. The first-order chi connectivity index (χ1) is 14.6. The van der Waals surface area contributed by atoms with Crippen LogP contribution in [0.1, 0.15) is 17.9 Å². The largest absolute Gasteiger partial charge is 0.394 e. The van der Waals surface area contributed by atoms with E-state index in [1.165, 1.54) is 23.9 Å². The molecule has 2 unspecified atom stereocenters. The molecule has 1 aromatic carbocycles. The Hall–Kier alpha value is -1.82. The maximum absolute atomic E-state index is 10.4. The molecule has 0 bridgehead atoms. The number of hydrogen-bond acceptors (Lipinski definition) is 10. The fraction of sp³-hybridized carbons (Fsp3) is 0.550. The highest BCUT2D eigenvalue weighted by molar-refractivity contribution is 7.99. The number of rotatable bonds is 4. The molecule has 1 aromatic rings. The average Bonchev–Trinajstić information content (AvgIpc) is 3.34. The van der Waals surface area contributed by atoms with Gasteiger partial charge in [0.05, 0.1) is 6.61 Å². The van der Waals surface area contributed by atoms with E-state index in [1.54, 1.807) is 0 Å². The molecule has 9 nitrogen and oxygen atoms in total. The lowest BCUT2D eigenvalue weighted by molar-refractivity contribution is -0.0765. The van der Waals surface area contributed by atoms with Crippen LogP contribution in [-0.2, 0) is 9.47 Å². The maximum atomic E-state index is 10.4. The summed E-state index contributed by atoms with van der Waals surface area (Å²) in [5.74, 6) is 1.52. The highest BCUT2D eigenvalue weighted by Crippen LogP contribution is 2.44. The fourth-order valence-corrected chi connectivity index (χ4v) is 5.86. The molecule has 4 N–H and O–H groups in total. The second-order valence-corrected chi connectivity index (χ2v) is 8.94. The van der Waals surface area contributed by atoms with Crippen LogP contribution in [0.2, 0.25) is 0 Å². The smallest absolute Gasteiger partial charge is 0.162 e. The van der Waals surface area contributed by atoms with E-state index < -0.39 is 30.2 Å². The number of nitrogens with two attached hydrogens (primary N) is 1. The van der Waals surface area contributed by atoms with Gasteiger partial charge in [0.25, 0.3) is 0 Å². The van der Waals surface area contributed by atoms with E-state index >= 15 is 0 Å². The number of benzene rings is 1. The van der Waals surface area contributed by atoms with Crippen LogP contribution in [0, 0.1) is 0 Å². The molecule has 5 rings (SSSR count). The molecule has 1 saturated heterocycles. The maximum Gasteiger partial charge on any atom is 0.162 e. The zero-order chi connectivity index (χ0) is 20.9. The number of methoxy groups -OCH3 is 1. The van der Waals surface area contributed by atoms with Gasteiger partial charge in [-0.2, -0.15) is 0 Å². The van der Waals surface area contributed by atoms with Gasteiger partial charge in [0.2, 0.25) is 0 Å². The first kappa shape index (κ1) is 20.1. The Bertz CT molecular complexity index is 924. The van der Waals surface area contributed by atoms with Crippen LogP contribution in [0.15, 0.2) is 44.1 Å². The van der Waals surface area contributed by atoms with Crippen LogP contribution in [0.25, 0.3) is 0 Å². The summed E-state index contributed by atoms with van der Waals surface area (Å²) >= 11 is 1.83. The van der Waals surface area contributed by atoms with E-state index in [-0.39, 0.29) is 19.2 Å². The molecule has 0 amide bonds. The number of ether oxygens (including phenoxy) is 2. The van der Waals surface area contributed by atoms with Gasteiger partial charge in [-0.1, -0.05) is 18.2 Å². The molecule has 4 aliphatic rings. The Labute approximate surface area is 178 Å². The van der Waals surface area contributed by atoms with Crippen molar-refractivity contribution in [1.82, 2.24) is 4.90 Å². The Morgan fingerprint density at radius 3 is 3.03 bits per heavy atom. The van der Waals surface area contributed by atoms with Crippen molar-refractivity contribution >= 4 is 29.6 Å². The van der Waals surface area contributed by atoms with Gasteiger partial charge >= 0.3 is 0 Å². The molecule has 0 aromatic heterocycles. The van der Waals surface area contributed by atoms with Gasteiger partial charge in [-0.25, -0.2) is 9.98 Å². The lowest BCUT2D eigenvalue weighted by Gasteiger charge is -2.39. The van der Waals surface area contributed by atoms with Gasteiger partial charge < -0.3 is 30.3 Å². The van der Waals surface area contributed by atoms with Crippen molar-refractivity contribution in [1.29, 1.82) is 0 Å². The van der Waals surface area contributed by atoms with Crippen molar-refractivity contribution in [2.75, 3.05) is 26.1 Å². The molecule has 4 heterocycles. The molecule has 0 saturated carbocycles. The van der Waals surface area contributed by atoms with Crippen molar-refractivity contribution in [3.8, 4) is 0 Å². The Kier molecular flexibility index (Phi) is 5.16. The predicted molar refractivity (Wildman–Crippen MR) is 114 cm³/mol. The third-order valence-electron chi connectivity index (χ3n) is 6.26. The molecule has 160 valence electrons. The third-order valence-corrected chi connectivity index (χ3v) is 7.38. The van der Waals surface area contributed by atoms with Gasteiger partial charge in [0.15, 0.2) is 17.7 Å². The Morgan fingerprint density at radius 2 is 2.23 bits per heavy atom. The van der Waals surface area contributed by atoms with E-state index in [4.69, 9.17) is 20.2 Å². The third kappa shape index (κ3) is 2.94. The SMILES string of the molecule is CO[C@@H]1[C@H](O)[C@@H](CO)O[C@H]1N1CN=C2C1=NC=NC2(N)C1CCSc2ccccc21. The average molecular weight is 432 g/mol. The molecule has 0 spiro atoms. The molecule has 6 atom stereocenters. The van der Waals surface area contributed by atoms with Crippen LogP contribution in [0.4, 0.5) is 0 Å². The summed E-state index contributed by atoms with van der Waals surface area (Å²) < 4.78 is 11.4. The molecule has 1 fully saturated rings. The Morgan fingerprint density at radius 1 is 1.40 bits per heavy atom. The summed E-state index contributed by atoms with van der Waals surface area (Å²) in [4.78, 5) is 16.8. The normalized spacial score (nSPS) is 37.6. The van der Waals surface area contributed by atoms with E-state index in [9.17, 15) is 10.2 Å². The van der Waals surface area contributed by atoms with Gasteiger partial charge in [-0.3, -0.25) is 4.99 Å². The zero-order valence-corrected chi connectivity index (χ0v) is 17.4. The number of nitrogens with zero attached hydrogens (tertiary/aromatic N) is 4. The van der Waals surface area contributed by atoms with E-state index in [1.807, 2.05) is 28.8 Å². The quantitative estimate of drug-likeness (QED) is 0.620. The summed E-state index contributed by atoms with van der Waals surface area (Å²) in [5, 5.41) is 20.0. The van der Waals surface area contributed by atoms with Crippen LogP contribution in [-0.4, -0.2) is 89.3 Å². The lowest BCUT2D eigenvalue weighted by Crippen LogP contribution is -2.58. The zero-order valence-electron chi connectivity index (χ0n) is 16.6. The monoisotopic (exact) mass is 431 g/mol. The van der Waals surface area contributed by atoms with Crippen LogP contribution in [0.3, 0.4) is 0 Å². The minimum absolute atomic E-state index is 0.0195. The van der Waals surface area contributed by atoms with E-state index in [0.717, 1.165) is 12.2 Å². The van der Waals surface area contributed by atoms with Crippen LogP contribution in [0.5, 0.6) is 0 Å². The summed E-state index contributed by atoms with van der Waals surface area (Å²) in [5.41, 5.74) is 7.71. The second-order valence-electron chi connectivity index (χ2n) is 7.81. The van der Waals surface area contributed by atoms with E-state index in [0.29, 0.717) is 11.5 Å². The number of hydrogen-bond donors (Lipinski definition) is 3. The molecule has 4 aliphatic heterocycles. The summed E-state index contributed by atoms with van der Waals surface area (Å²) in [6.45, 7) is -0.0284. The summed E-state index contributed by atoms with van der Waals surface area (Å²) in [7, 11) is 1.51. The van der Waals surface area contributed by atoms with Crippen molar-refractivity contribution in [2.45, 2.75) is 47.4 Å². The highest BCUT2D eigenvalue weighted by Gasteiger charge is 2.53. The second kappa shape index (κ2) is 7.70. The molecular formula is C20H25N5O4S. The summed E-state index contributed by atoms with van der Waals surface area (Å²) in [6, 6.07) is 8.29. The first-order valence-corrected chi connectivity index (χ1v) is 11.0. The summed E-state index contributed by atoms with van der Waals surface area (Å²) in [6.07, 6.45) is -0.575. The minimum Gasteiger partial charge on any atom is -0.394 e. The van der Waals surface area contributed by atoms with Gasteiger partial charge in [-0.15, -0.1) is 11.8 Å². The number of aliphatic hydroxyl groups is 2. The minimum atomic E-state index is -1.03. The number of thioether (sulfide) groups is 1. The highest BCUT2D eigenvalue weighted by atomic mass is 32.2. The van der Waals surface area contributed by atoms with Gasteiger partial charge in [0.1, 0.15) is 37.0 Å². The number of amidine groups is 1. The lowest BCUT2D eigenvalue weighted by atomic mass is 9.80. The number of aliphatic hydroxyl groups excluding tert-OH is 2. The molecule has 0 aliphatic carbocycles. The van der Waals surface area contributed by atoms with Crippen LogP contribution >= 0.6 is 11.8 Å². The standard InChI is InChI=1S/C20H25N5O4S/c1-28-16-15(27)13(8-26)29-19(16)25-10-23-17-18(25)22-9-24-20(17,21)12-6-7-30-14-5-3-2-4-11(12)14/h2-5,9,12-13,15-16,19,26-27H,6-8,10,21H2,1H3/t12?,13-,15-,16-,19-,20?/m1/s1. The van der Waals surface area contributed by atoms with Gasteiger partial charge in [0, 0.05) is 17.9 Å². The molecule has 10 heteroatoms. The first-order valence-electron chi connectivity index (χ1n) is 9.99. The van der Waals surface area contributed by atoms with Crippen molar-refractivity contribution in [3.05, 3.63) is 29.8 Å². The van der Waals surface area contributed by atoms with Crippen molar-refractivity contribution in [3.63, 3.8) is 0 Å². The topological polar surface area (TPSA) is 125 Å². The predicted octanol–water partition coefficient (Wildman–Crippen LogP) is 0.169. The van der Waals surface area contributed by atoms with E-state index in [2.05, 4.69) is 22.1 Å². The van der Waals surface area contributed by atoms with Crippen molar-refractivity contribution < 1.29 is 19.7 Å². The molecule has 0 radical (unpaired) electrons. The van der Waals surface area contributed by atoms with Crippen molar-refractivity contribution in [2.24, 2.45) is 20.7 Å².